The zero-order chi connectivity index (χ0) is 11.6. The van der Waals surface area contributed by atoms with Crippen LogP contribution in [0.3, 0.4) is 0 Å². The normalized spacial score (nSPS) is 10.3. The van der Waals surface area contributed by atoms with Crippen molar-refractivity contribution in [3.05, 3.63) is 47.4 Å². The van der Waals surface area contributed by atoms with Crippen molar-refractivity contribution in [2.24, 2.45) is 0 Å². The summed E-state index contributed by atoms with van der Waals surface area (Å²) in [5, 5.41) is 0. The Labute approximate surface area is 104 Å². The van der Waals surface area contributed by atoms with Crippen LogP contribution < -0.4 is 0 Å². The summed E-state index contributed by atoms with van der Waals surface area (Å²) >= 11 is 1.89. The Bertz CT molecular complexity index is 290. The lowest BCUT2D eigenvalue weighted by Crippen LogP contribution is -1.82. The molecule has 0 N–H and O–H groups in total. The van der Waals surface area contributed by atoms with Gasteiger partial charge in [-0.3, -0.25) is 0 Å². The summed E-state index contributed by atoms with van der Waals surface area (Å²) in [6, 6.07) is 10.6. The number of unbranched alkanes of at least 4 members (excludes halogenated alkanes) is 3. The van der Waals surface area contributed by atoms with Crippen molar-refractivity contribution >= 4 is 11.8 Å². The average molecular weight is 234 g/mol. The number of benzene rings is 1. The predicted octanol–water partition coefficient (Wildman–Crippen LogP) is 5.40. The van der Waals surface area contributed by atoms with Crippen molar-refractivity contribution in [3.63, 3.8) is 0 Å². The van der Waals surface area contributed by atoms with E-state index in [0.717, 1.165) is 5.75 Å². The highest BCUT2D eigenvalue weighted by atomic mass is 32.2. The zero-order valence-electron chi connectivity index (χ0n) is 10.2. The van der Waals surface area contributed by atoms with Crippen LogP contribution in [0.2, 0.25) is 0 Å². The molecule has 1 rings (SSSR count). The van der Waals surface area contributed by atoms with Crippen molar-refractivity contribution in [2.45, 2.75) is 44.8 Å². The van der Waals surface area contributed by atoms with Crippen LogP contribution in [0.1, 0.15) is 44.6 Å². The molecule has 0 spiro atoms. The fourth-order valence-electron chi connectivity index (χ4n) is 1.58. The van der Waals surface area contributed by atoms with Gasteiger partial charge in [0.2, 0.25) is 0 Å². The number of hydrogen-bond donors (Lipinski definition) is 0. The number of allylic oxidation sites excluding steroid dienone is 1. The molecule has 16 heavy (non-hydrogen) atoms. The van der Waals surface area contributed by atoms with E-state index in [2.05, 4.69) is 43.8 Å². The van der Waals surface area contributed by atoms with Gasteiger partial charge >= 0.3 is 0 Å². The Balaban J connectivity index is 2.11. The second kappa shape index (κ2) is 8.46. The molecule has 0 amide bonds. The molecule has 0 radical (unpaired) electrons. The fourth-order valence-corrected chi connectivity index (χ4v) is 2.43. The highest BCUT2D eigenvalue weighted by Crippen LogP contribution is 2.24. The standard InChI is InChI=1S/C15H22S/c1-3-4-5-7-10-14(2)16-13-15-11-8-6-9-12-15/h6,8-9,11-12H,2-5,7,10,13H2,1H3. The van der Waals surface area contributed by atoms with Crippen LogP contribution in [0.4, 0.5) is 0 Å². The molecule has 0 heterocycles. The quantitative estimate of drug-likeness (QED) is 0.542. The first-order chi connectivity index (χ1) is 7.83. The van der Waals surface area contributed by atoms with Crippen LogP contribution >= 0.6 is 11.8 Å². The Kier molecular flexibility index (Phi) is 7.07. The van der Waals surface area contributed by atoms with Gasteiger partial charge in [0.15, 0.2) is 0 Å². The molecule has 88 valence electrons. The topological polar surface area (TPSA) is 0 Å². The second-order valence-electron chi connectivity index (χ2n) is 4.12. The maximum Gasteiger partial charge on any atom is 0.0228 e. The van der Waals surface area contributed by atoms with E-state index in [9.17, 15) is 0 Å². The summed E-state index contributed by atoms with van der Waals surface area (Å²) in [7, 11) is 0. The predicted molar refractivity (Wildman–Crippen MR) is 75.6 cm³/mol. The molecule has 0 unspecified atom stereocenters. The molecule has 0 atom stereocenters. The van der Waals surface area contributed by atoms with Crippen molar-refractivity contribution < 1.29 is 0 Å². The minimum absolute atomic E-state index is 1.06. The van der Waals surface area contributed by atoms with E-state index in [1.54, 1.807) is 0 Å². The van der Waals surface area contributed by atoms with Crippen molar-refractivity contribution in [1.82, 2.24) is 0 Å². The Morgan fingerprint density at radius 2 is 1.88 bits per heavy atom. The largest absolute Gasteiger partial charge is 0.126 e. The summed E-state index contributed by atoms with van der Waals surface area (Å²) in [6.07, 6.45) is 6.49. The maximum atomic E-state index is 4.13. The molecule has 1 heteroatoms. The van der Waals surface area contributed by atoms with Gasteiger partial charge in [-0.25, -0.2) is 0 Å². The lowest BCUT2D eigenvalue weighted by Gasteiger charge is -2.05. The summed E-state index contributed by atoms with van der Waals surface area (Å²) < 4.78 is 0. The summed E-state index contributed by atoms with van der Waals surface area (Å²) in [4.78, 5) is 1.33. The first-order valence-corrected chi connectivity index (χ1v) is 7.16. The van der Waals surface area contributed by atoms with E-state index in [4.69, 9.17) is 0 Å². The Morgan fingerprint density at radius 1 is 1.12 bits per heavy atom. The van der Waals surface area contributed by atoms with Gasteiger partial charge in [0.05, 0.1) is 0 Å². The van der Waals surface area contributed by atoms with Crippen LogP contribution in [0, 0.1) is 0 Å². The molecule has 0 saturated carbocycles. The molecular weight excluding hydrogens is 212 g/mol. The van der Waals surface area contributed by atoms with Crippen LogP contribution in [-0.2, 0) is 5.75 Å². The third kappa shape index (κ3) is 6.02. The lowest BCUT2D eigenvalue weighted by molar-refractivity contribution is 0.672. The summed E-state index contributed by atoms with van der Waals surface area (Å²) in [5.74, 6) is 1.06. The molecule has 0 aliphatic rings. The highest BCUT2D eigenvalue weighted by Gasteiger charge is 1.97. The van der Waals surface area contributed by atoms with Gasteiger partial charge in [-0.05, 0) is 23.3 Å². The third-order valence-electron chi connectivity index (χ3n) is 2.59. The van der Waals surface area contributed by atoms with Crippen LogP contribution in [-0.4, -0.2) is 0 Å². The molecule has 0 nitrogen and oxygen atoms in total. The van der Waals surface area contributed by atoms with Gasteiger partial charge in [-0.15, -0.1) is 11.8 Å². The number of hydrogen-bond acceptors (Lipinski definition) is 1. The van der Waals surface area contributed by atoms with Gasteiger partial charge in [-0.1, -0.05) is 63.1 Å². The summed E-state index contributed by atoms with van der Waals surface area (Å²) in [5.41, 5.74) is 1.39. The van der Waals surface area contributed by atoms with Crippen LogP contribution in [0.5, 0.6) is 0 Å². The zero-order valence-corrected chi connectivity index (χ0v) is 11.1. The average Bonchev–Trinajstić information content (AvgIpc) is 2.33. The molecular formula is C15H22S. The monoisotopic (exact) mass is 234 g/mol. The van der Waals surface area contributed by atoms with E-state index >= 15 is 0 Å². The second-order valence-corrected chi connectivity index (χ2v) is 5.28. The minimum Gasteiger partial charge on any atom is -0.126 e. The van der Waals surface area contributed by atoms with E-state index in [1.807, 2.05) is 11.8 Å². The van der Waals surface area contributed by atoms with Crippen LogP contribution in [0.25, 0.3) is 0 Å². The molecule has 1 aromatic rings. The van der Waals surface area contributed by atoms with Crippen molar-refractivity contribution in [1.29, 1.82) is 0 Å². The Hall–Kier alpha value is -0.690. The van der Waals surface area contributed by atoms with Gasteiger partial charge in [0.1, 0.15) is 0 Å². The van der Waals surface area contributed by atoms with E-state index in [0.29, 0.717) is 0 Å². The van der Waals surface area contributed by atoms with Crippen molar-refractivity contribution in [3.8, 4) is 0 Å². The molecule has 0 aliphatic carbocycles. The maximum absolute atomic E-state index is 4.13. The first-order valence-electron chi connectivity index (χ1n) is 6.17. The molecule has 0 saturated heterocycles. The highest BCUT2D eigenvalue weighted by molar-refractivity contribution is 8.02. The lowest BCUT2D eigenvalue weighted by atomic mass is 10.1. The molecule has 0 fully saturated rings. The van der Waals surface area contributed by atoms with E-state index in [-0.39, 0.29) is 0 Å². The first kappa shape index (κ1) is 13.4. The molecule has 1 aromatic carbocycles. The smallest absolute Gasteiger partial charge is 0.0228 e. The molecule has 0 aliphatic heterocycles. The van der Waals surface area contributed by atoms with Gasteiger partial charge < -0.3 is 0 Å². The minimum atomic E-state index is 1.06. The van der Waals surface area contributed by atoms with Gasteiger partial charge in [-0.2, -0.15) is 0 Å². The molecule has 0 bridgehead atoms. The number of rotatable bonds is 8. The third-order valence-corrected chi connectivity index (χ3v) is 3.68. The van der Waals surface area contributed by atoms with Gasteiger partial charge in [0.25, 0.3) is 0 Å². The number of thioether (sulfide) groups is 1. The van der Waals surface area contributed by atoms with Crippen LogP contribution in [0.15, 0.2) is 41.8 Å². The van der Waals surface area contributed by atoms with E-state index in [1.165, 1.54) is 42.6 Å². The van der Waals surface area contributed by atoms with Crippen molar-refractivity contribution in [2.75, 3.05) is 0 Å². The fraction of sp³-hybridized carbons (Fsp3) is 0.467. The van der Waals surface area contributed by atoms with Gasteiger partial charge in [0, 0.05) is 5.75 Å². The molecule has 0 aromatic heterocycles. The summed E-state index contributed by atoms with van der Waals surface area (Å²) in [6.45, 7) is 6.38. The van der Waals surface area contributed by atoms with E-state index < -0.39 is 0 Å². The SMILES string of the molecule is C=C(CCCCCC)SCc1ccccc1. The Morgan fingerprint density at radius 3 is 2.56 bits per heavy atom.